The largest absolute Gasteiger partial charge is 0.444 e. The van der Waals surface area contributed by atoms with E-state index in [1.165, 1.54) is 6.42 Å². The van der Waals surface area contributed by atoms with Crippen LogP contribution < -0.4 is 10.6 Å². The first-order chi connectivity index (χ1) is 10.9. The maximum absolute atomic E-state index is 11.6. The summed E-state index contributed by atoms with van der Waals surface area (Å²) in [6.45, 7) is 7.03. The average Bonchev–Trinajstić information content (AvgIpc) is 2.89. The Morgan fingerprint density at radius 3 is 2.70 bits per heavy atom. The quantitative estimate of drug-likeness (QED) is 0.564. The van der Waals surface area contributed by atoms with Gasteiger partial charge >= 0.3 is 6.09 Å². The molecule has 1 aliphatic carbocycles. The molecule has 1 rings (SSSR count). The molecule has 0 heterocycles. The van der Waals surface area contributed by atoms with Gasteiger partial charge in [0.25, 0.3) is 0 Å². The van der Waals surface area contributed by atoms with E-state index >= 15 is 0 Å². The Morgan fingerprint density at radius 2 is 2.09 bits per heavy atom. The minimum Gasteiger partial charge on any atom is -0.444 e. The van der Waals surface area contributed by atoms with Gasteiger partial charge in [-0.3, -0.25) is 0 Å². The van der Waals surface area contributed by atoms with Gasteiger partial charge in [-0.05, 0) is 52.4 Å². The van der Waals surface area contributed by atoms with Crippen molar-refractivity contribution in [3.8, 4) is 0 Å². The molecule has 1 aliphatic rings. The molecule has 1 fully saturated rings. The van der Waals surface area contributed by atoms with Crippen LogP contribution in [0.4, 0.5) is 4.79 Å². The third-order valence-corrected chi connectivity index (χ3v) is 4.11. The molecule has 6 nitrogen and oxygen atoms in total. The molecule has 3 atom stereocenters. The highest BCUT2D eigenvalue weighted by Gasteiger charge is 2.28. The first-order valence-electron chi connectivity index (χ1n) is 8.68. The number of nitrogens with one attached hydrogen (secondary N) is 2. The van der Waals surface area contributed by atoms with Crippen LogP contribution in [0.3, 0.4) is 0 Å². The molecule has 1 amide bonds. The summed E-state index contributed by atoms with van der Waals surface area (Å²) < 4.78 is 10.5. The number of ether oxygens (including phenoxy) is 2. The zero-order chi connectivity index (χ0) is 17.3. The number of aliphatic hydroxyl groups excluding tert-OH is 1. The van der Waals surface area contributed by atoms with Crippen molar-refractivity contribution in [2.24, 2.45) is 5.92 Å². The van der Waals surface area contributed by atoms with Crippen molar-refractivity contribution in [2.45, 2.75) is 70.6 Å². The average molecular weight is 330 g/mol. The highest BCUT2D eigenvalue weighted by Crippen LogP contribution is 2.25. The van der Waals surface area contributed by atoms with Gasteiger partial charge in [-0.1, -0.05) is 6.42 Å². The molecule has 0 aromatic heterocycles. The van der Waals surface area contributed by atoms with Gasteiger partial charge in [-0.2, -0.15) is 0 Å². The summed E-state index contributed by atoms with van der Waals surface area (Å²) in [5, 5.41) is 15.8. The van der Waals surface area contributed by atoms with Gasteiger partial charge in [0.05, 0.1) is 6.61 Å². The third kappa shape index (κ3) is 8.53. The monoisotopic (exact) mass is 330 g/mol. The molecule has 1 saturated carbocycles. The molecule has 23 heavy (non-hydrogen) atoms. The fraction of sp³-hybridized carbons (Fsp3) is 0.941. The fourth-order valence-electron chi connectivity index (χ4n) is 3.05. The molecule has 0 aliphatic heterocycles. The second-order valence-electron chi connectivity index (χ2n) is 7.37. The Hall–Kier alpha value is -0.850. The Balaban J connectivity index is 2.26. The van der Waals surface area contributed by atoms with Crippen LogP contribution in [-0.4, -0.2) is 55.8 Å². The zero-order valence-corrected chi connectivity index (χ0v) is 15.1. The van der Waals surface area contributed by atoms with Gasteiger partial charge in [0.15, 0.2) is 0 Å². The molecule has 0 saturated heterocycles. The van der Waals surface area contributed by atoms with Crippen molar-refractivity contribution in [2.75, 3.05) is 26.9 Å². The van der Waals surface area contributed by atoms with Crippen LogP contribution in [-0.2, 0) is 9.47 Å². The highest BCUT2D eigenvalue weighted by molar-refractivity contribution is 5.67. The first-order valence-corrected chi connectivity index (χ1v) is 8.68. The van der Waals surface area contributed by atoms with E-state index in [9.17, 15) is 9.90 Å². The lowest BCUT2D eigenvalue weighted by Crippen LogP contribution is -2.44. The summed E-state index contributed by atoms with van der Waals surface area (Å²) in [4.78, 5) is 11.6. The number of rotatable bonds is 9. The highest BCUT2D eigenvalue weighted by atomic mass is 16.6. The number of carbonyl (C=O) groups excluding carboxylic acids is 1. The summed E-state index contributed by atoms with van der Waals surface area (Å²) in [6, 6.07) is 0.622. The van der Waals surface area contributed by atoms with E-state index < -0.39 is 5.60 Å². The summed E-state index contributed by atoms with van der Waals surface area (Å²) in [7, 11) is 1.70. The number of alkyl carbamates (subject to hydrolysis) is 1. The first kappa shape index (κ1) is 20.2. The van der Waals surface area contributed by atoms with E-state index in [-0.39, 0.29) is 18.7 Å². The summed E-state index contributed by atoms with van der Waals surface area (Å²) in [6.07, 6.45) is 4.78. The number of carbonyl (C=O) groups is 1. The number of amides is 1. The smallest absolute Gasteiger partial charge is 0.407 e. The van der Waals surface area contributed by atoms with Crippen LogP contribution >= 0.6 is 0 Å². The standard InChI is InChI=1S/C17H34N2O4/c1-17(2,3)23-16(21)18-10-6-8-14(12-22-4)19-15-9-5-7-13(15)11-20/h13-15,19-20H,5-12H2,1-4H3,(H,18,21). The normalized spacial score (nSPS) is 22.8. The van der Waals surface area contributed by atoms with Crippen LogP contribution in [0.15, 0.2) is 0 Å². The van der Waals surface area contributed by atoms with E-state index in [1.54, 1.807) is 7.11 Å². The SMILES string of the molecule is COCC(CCCNC(=O)OC(C)(C)C)NC1CCCC1CO. The molecule has 0 radical (unpaired) electrons. The summed E-state index contributed by atoms with van der Waals surface area (Å²) >= 11 is 0. The van der Waals surface area contributed by atoms with Gasteiger partial charge in [0.1, 0.15) is 5.60 Å². The molecular weight excluding hydrogens is 296 g/mol. The minimum atomic E-state index is -0.466. The second-order valence-corrected chi connectivity index (χ2v) is 7.37. The molecule has 3 N–H and O–H groups in total. The predicted molar refractivity (Wildman–Crippen MR) is 90.5 cm³/mol. The third-order valence-electron chi connectivity index (χ3n) is 4.11. The van der Waals surface area contributed by atoms with Gasteiger partial charge in [-0.25, -0.2) is 4.79 Å². The number of hydrogen-bond acceptors (Lipinski definition) is 5. The van der Waals surface area contributed by atoms with Crippen molar-refractivity contribution in [3.05, 3.63) is 0 Å². The lowest BCUT2D eigenvalue weighted by atomic mass is 10.0. The van der Waals surface area contributed by atoms with Crippen molar-refractivity contribution in [1.29, 1.82) is 0 Å². The van der Waals surface area contributed by atoms with Gasteiger partial charge < -0.3 is 25.2 Å². The topological polar surface area (TPSA) is 79.8 Å². The molecular formula is C17H34N2O4. The van der Waals surface area contributed by atoms with E-state index in [1.807, 2.05) is 20.8 Å². The summed E-state index contributed by atoms with van der Waals surface area (Å²) in [5.74, 6) is 0.356. The Morgan fingerprint density at radius 1 is 1.35 bits per heavy atom. The van der Waals surface area contributed by atoms with Gasteiger partial charge in [0, 0.05) is 32.3 Å². The molecule has 3 unspecified atom stereocenters. The summed E-state index contributed by atoms with van der Waals surface area (Å²) in [5.41, 5.74) is -0.466. The number of methoxy groups -OCH3 is 1. The van der Waals surface area contributed by atoms with E-state index in [2.05, 4.69) is 10.6 Å². The van der Waals surface area contributed by atoms with Crippen molar-refractivity contribution in [1.82, 2.24) is 10.6 Å². The van der Waals surface area contributed by atoms with Crippen LogP contribution in [0.5, 0.6) is 0 Å². The van der Waals surface area contributed by atoms with E-state index in [0.717, 1.165) is 25.7 Å². The fourth-order valence-corrected chi connectivity index (χ4v) is 3.05. The zero-order valence-electron chi connectivity index (χ0n) is 15.1. The maximum atomic E-state index is 11.6. The lowest BCUT2D eigenvalue weighted by molar-refractivity contribution is 0.0525. The minimum absolute atomic E-state index is 0.248. The van der Waals surface area contributed by atoms with Gasteiger partial charge in [-0.15, -0.1) is 0 Å². The molecule has 136 valence electrons. The molecule has 0 spiro atoms. The second kappa shape index (κ2) is 10.1. The van der Waals surface area contributed by atoms with E-state index in [4.69, 9.17) is 9.47 Å². The molecule has 0 aromatic carbocycles. The van der Waals surface area contributed by atoms with Crippen LogP contribution in [0.25, 0.3) is 0 Å². The number of aliphatic hydroxyl groups is 1. The van der Waals surface area contributed by atoms with Gasteiger partial charge in [0.2, 0.25) is 0 Å². The Labute approximate surface area is 140 Å². The van der Waals surface area contributed by atoms with E-state index in [0.29, 0.717) is 25.1 Å². The van der Waals surface area contributed by atoms with Crippen molar-refractivity contribution >= 4 is 6.09 Å². The van der Waals surface area contributed by atoms with Crippen LogP contribution in [0.1, 0.15) is 52.9 Å². The maximum Gasteiger partial charge on any atom is 0.407 e. The Bertz CT molecular complexity index is 344. The lowest BCUT2D eigenvalue weighted by Gasteiger charge is -2.26. The molecule has 6 heteroatoms. The molecule has 0 bridgehead atoms. The predicted octanol–water partition coefficient (Wildman–Crippen LogP) is 2.06. The number of hydrogen-bond donors (Lipinski definition) is 3. The molecule has 0 aromatic rings. The Kier molecular flexibility index (Phi) is 8.87. The van der Waals surface area contributed by atoms with Crippen LogP contribution in [0, 0.1) is 5.92 Å². The van der Waals surface area contributed by atoms with Crippen LogP contribution in [0.2, 0.25) is 0 Å². The van der Waals surface area contributed by atoms with Crippen molar-refractivity contribution in [3.63, 3.8) is 0 Å². The van der Waals surface area contributed by atoms with Crippen molar-refractivity contribution < 1.29 is 19.4 Å².